The molecule has 1 atom stereocenters. The molecule has 0 aromatic carbocycles. The van der Waals surface area contributed by atoms with Gasteiger partial charge in [-0.05, 0) is 32.4 Å². The Kier molecular flexibility index (Phi) is 5.72. The van der Waals surface area contributed by atoms with Crippen molar-refractivity contribution in [3.8, 4) is 0 Å². The van der Waals surface area contributed by atoms with Gasteiger partial charge in [0.15, 0.2) is 0 Å². The van der Waals surface area contributed by atoms with Gasteiger partial charge in [0, 0.05) is 6.54 Å². The molecule has 0 aromatic rings. The first-order valence-electron chi connectivity index (χ1n) is 6.23. The zero-order valence-electron chi connectivity index (χ0n) is 11.1. The Morgan fingerprint density at radius 1 is 1.56 bits per heavy atom. The van der Waals surface area contributed by atoms with Crippen LogP contribution in [0.3, 0.4) is 0 Å². The molecular formula is C13H21NO3S. The number of hydrogen-bond acceptors (Lipinski definition) is 4. The number of rotatable bonds is 6. The lowest BCUT2D eigenvalue weighted by Gasteiger charge is -2.29. The van der Waals surface area contributed by atoms with Gasteiger partial charge in [0.05, 0.1) is 11.4 Å². The van der Waals surface area contributed by atoms with Crippen molar-refractivity contribution in [1.82, 2.24) is 4.90 Å². The lowest BCUT2D eigenvalue weighted by atomic mass is 10.0. The molecule has 0 spiro atoms. The summed E-state index contributed by atoms with van der Waals surface area (Å²) in [5, 5.41) is 0. The number of carbonyl (C=O) groups is 2. The maximum absolute atomic E-state index is 12.4. The number of nitrogens with zero attached hydrogens (tertiary/aromatic N) is 1. The van der Waals surface area contributed by atoms with Crippen molar-refractivity contribution in [3.63, 3.8) is 0 Å². The van der Waals surface area contributed by atoms with Gasteiger partial charge in [-0.15, -0.1) is 18.3 Å². The largest absolute Gasteiger partial charge is 0.465 e. The van der Waals surface area contributed by atoms with Crippen LogP contribution >= 0.6 is 11.8 Å². The van der Waals surface area contributed by atoms with Crippen molar-refractivity contribution in [2.24, 2.45) is 0 Å². The van der Waals surface area contributed by atoms with Crippen molar-refractivity contribution in [2.75, 3.05) is 25.4 Å². The van der Waals surface area contributed by atoms with Crippen LogP contribution < -0.4 is 0 Å². The number of amides is 1. The third-order valence-corrected chi connectivity index (χ3v) is 4.44. The molecule has 0 bridgehead atoms. The van der Waals surface area contributed by atoms with E-state index in [1.165, 1.54) is 4.90 Å². The monoisotopic (exact) mass is 271 g/mol. The van der Waals surface area contributed by atoms with Gasteiger partial charge in [0.25, 0.3) is 0 Å². The predicted molar refractivity (Wildman–Crippen MR) is 73.5 cm³/mol. The van der Waals surface area contributed by atoms with Crippen molar-refractivity contribution < 1.29 is 14.3 Å². The summed E-state index contributed by atoms with van der Waals surface area (Å²) in [6, 6.07) is 0. The molecule has 4 nitrogen and oxygen atoms in total. The Morgan fingerprint density at radius 3 is 2.78 bits per heavy atom. The molecule has 1 aliphatic heterocycles. The summed E-state index contributed by atoms with van der Waals surface area (Å²) in [4.78, 5) is 25.5. The highest BCUT2D eigenvalue weighted by molar-refractivity contribution is 8.01. The Bertz CT molecular complexity index is 324. The first-order valence-corrected chi connectivity index (χ1v) is 7.22. The standard InChI is InChI=1S/C13H21NO3S/c1-4-8-14(10-11(15)17-5-2)12(16)13(3)7-6-9-18-13/h4H,1,5-10H2,2-3H3. The topological polar surface area (TPSA) is 46.6 Å². The summed E-state index contributed by atoms with van der Waals surface area (Å²) in [6.07, 6.45) is 3.56. The van der Waals surface area contributed by atoms with Crippen LogP contribution in [-0.4, -0.2) is 47.0 Å². The summed E-state index contributed by atoms with van der Waals surface area (Å²) in [7, 11) is 0. The van der Waals surface area contributed by atoms with Gasteiger partial charge in [-0.1, -0.05) is 6.08 Å². The van der Waals surface area contributed by atoms with Crippen LogP contribution in [0.15, 0.2) is 12.7 Å². The second kappa shape index (κ2) is 6.83. The van der Waals surface area contributed by atoms with Crippen LogP contribution in [0.5, 0.6) is 0 Å². The van der Waals surface area contributed by atoms with Crippen LogP contribution in [0, 0.1) is 0 Å². The first-order chi connectivity index (χ1) is 8.53. The molecular weight excluding hydrogens is 250 g/mol. The van der Waals surface area contributed by atoms with Gasteiger partial charge in [0.1, 0.15) is 6.54 Å². The quantitative estimate of drug-likeness (QED) is 0.546. The van der Waals surface area contributed by atoms with E-state index in [2.05, 4.69) is 6.58 Å². The molecule has 0 saturated carbocycles. The molecule has 18 heavy (non-hydrogen) atoms. The first kappa shape index (κ1) is 15.1. The highest BCUT2D eigenvalue weighted by Crippen LogP contribution is 2.39. The molecule has 1 aliphatic rings. The molecule has 1 heterocycles. The van der Waals surface area contributed by atoms with Gasteiger partial charge in [-0.3, -0.25) is 9.59 Å². The lowest BCUT2D eigenvalue weighted by Crippen LogP contribution is -2.46. The van der Waals surface area contributed by atoms with Crippen molar-refractivity contribution in [3.05, 3.63) is 12.7 Å². The molecule has 1 unspecified atom stereocenters. The van der Waals surface area contributed by atoms with Crippen molar-refractivity contribution >= 4 is 23.6 Å². The molecule has 0 N–H and O–H groups in total. The fourth-order valence-corrected chi connectivity index (χ4v) is 3.30. The number of carbonyl (C=O) groups excluding carboxylic acids is 2. The van der Waals surface area contributed by atoms with E-state index < -0.39 is 4.75 Å². The molecule has 0 radical (unpaired) electrons. The van der Waals surface area contributed by atoms with E-state index >= 15 is 0 Å². The number of thioether (sulfide) groups is 1. The molecule has 1 fully saturated rings. The molecule has 0 aliphatic carbocycles. The second-order valence-corrected chi connectivity index (χ2v) is 6.06. The highest BCUT2D eigenvalue weighted by atomic mass is 32.2. The molecule has 0 aromatic heterocycles. The van der Waals surface area contributed by atoms with E-state index in [0.717, 1.165) is 18.6 Å². The number of ether oxygens (including phenoxy) is 1. The van der Waals surface area contributed by atoms with E-state index in [-0.39, 0.29) is 18.4 Å². The SMILES string of the molecule is C=CCN(CC(=O)OCC)C(=O)C1(C)CCCS1. The third kappa shape index (κ3) is 3.77. The molecule has 1 amide bonds. The van der Waals surface area contributed by atoms with E-state index in [1.807, 2.05) is 6.92 Å². The van der Waals surface area contributed by atoms with Gasteiger partial charge >= 0.3 is 5.97 Å². The second-order valence-electron chi connectivity index (χ2n) is 4.46. The summed E-state index contributed by atoms with van der Waals surface area (Å²) in [5.41, 5.74) is 0. The summed E-state index contributed by atoms with van der Waals surface area (Å²) in [5.74, 6) is 0.654. The highest BCUT2D eigenvalue weighted by Gasteiger charge is 2.40. The van der Waals surface area contributed by atoms with Gasteiger partial charge in [-0.25, -0.2) is 0 Å². The Hall–Kier alpha value is -0.970. The summed E-state index contributed by atoms with van der Waals surface area (Å²) < 4.78 is 4.50. The van der Waals surface area contributed by atoms with E-state index in [0.29, 0.717) is 13.2 Å². The minimum Gasteiger partial charge on any atom is -0.465 e. The van der Waals surface area contributed by atoms with Gasteiger partial charge in [0.2, 0.25) is 5.91 Å². The number of esters is 1. The Morgan fingerprint density at radius 2 is 2.28 bits per heavy atom. The fraction of sp³-hybridized carbons (Fsp3) is 0.692. The lowest BCUT2D eigenvalue weighted by molar-refractivity contribution is -0.149. The molecule has 1 saturated heterocycles. The van der Waals surface area contributed by atoms with Crippen molar-refractivity contribution in [2.45, 2.75) is 31.4 Å². The maximum atomic E-state index is 12.4. The van der Waals surface area contributed by atoms with Crippen LogP contribution in [-0.2, 0) is 14.3 Å². The smallest absolute Gasteiger partial charge is 0.325 e. The normalized spacial score (nSPS) is 22.6. The summed E-state index contributed by atoms with van der Waals surface area (Å²) >= 11 is 1.67. The summed E-state index contributed by atoms with van der Waals surface area (Å²) in [6.45, 7) is 8.07. The predicted octanol–water partition coefficient (Wildman–Crippen LogP) is 1.85. The Balaban J connectivity index is 2.68. The van der Waals surface area contributed by atoms with Crippen LogP contribution in [0.2, 0.25) is 0 Å². The number of hydrogen-bond donors (Lipinski definition) is 0. The van der Waals surface area contributed by atoms with Crippen LogP contribution in [0.4, 0.5) is 0 Å². The zero-order valence-corrected chi connectivity index (χ0v) is 11.9. The van der Waals surface area contributed by atoms with Crippen LogP contribution in [0.25, 0.3) is 0 Å². The fourth-order valence-electron chi connectivity index (χ4n) is 2.02. The van der Waals surface area contributed by atoms with Gasteiger partial charge < -0.3 is 9.64 Å². The average molecular weight is 271 g/mol. The van der Waals surface area contributed by atoms with E-state index in [9.17, 15) is 9.59 Å². The minimum atomic E-state index is -0.393. The average Bonchev–Trinajstić information content (AvgIpc) is 2.76. The molecule has 1 rings (SSSR count). The molecule has 102 valence electrons. The minimum absolute atomic E-state index is 0.00877. The van der Waals surface area contributed by atoms with Crippen LogP contribution in [0.1, 0.15) is 26.7 Å². The third-order valence-electron chi connectivity index (χ3n) is 2.93. The van der Waals surface area contributed by atoms with E-state index in [1.54, 1.807) is 24.8 Å². The zero-order chi connectivity index (χ0) is 13.6. The molecule has 5 heteroatoms. The van der Waals surface area contributed by atoms with Gasteiger partial charge in [-0.2, -0.15) is 0 Å². The maximum Gasteiger partial charge on any atom is 0.325 e. The van der Waals surface area contributed by atoms with E-state index in [4.69, 9.17) is 4.74 Å². The Labute approximate surface area is 113 Å². The van der Waals surface area contributed by atoms with Crippen molar-refractivity contribution in [1.29, 1.82) is 0 Å².